The van der Waals surface area contributed by atoms with Crippen LogP contribution in [0.5, 0.6) is 0 Å². The van der Waals surface area contributed by atoms with Gasteiger partial charge in [-0.15, -0.1) is 0 Å². The van der Waals surface area contributed by atoms with Gasteiger partial charge in [-0.2, -0.15) is 0 Å². The van der Waals surface area contributed by atoms with Crippen molar-refractivity contribution in [2.24, 2.45) is 5.92 Å². The van der Waals surface area contributed by atoms with Gasteiger partial charge < -0.3 is 10.2 Å². The van der Waals surface area contributed by atoms with E-state index in [2.05, 4.69) is 38.2 Å². The van der Waals surface area contributed by atoms with E-state index in [4.69, 9.17) is 0 Å². The van der Waals surface area contributed by atoms with E-state index < -0.39 is 0 Å². The molecule has 0 aliphatic carbocycles. The number of nitrogens with zero attached hydrogens (tertiary/aromatic N) is 2. The number of aromatic nitrogens is 1. The summed E-state index contributed by atoms with van der Waals surface area (Å²) in [6, 6.07) is 3.62. The Labute approximate surface area is 110 Å². The van der Waals surface area contributed by atoms with Crippen molar-refractivity contribution in [3.8, 4) is 0 Å². The van der Waals surface area contributed by atoms with Gasteiger partial charge in [-0.05, 0) is 54.0 Å². The van der Waals surface area contributed by atoms with Crippen LogP contribution >= 0.6 is 15.9 Å². The minimum atomic E-state index is -0.105. The number of likely N-dealkylation sites (tertiary alicyclic amines) is 1. The molecule has 1 atom stereocenters. The molecule has 0 spiro atoms. The Balaban J connectivity index is 1.88. The van der Waals surface area contributed by atoms with Gasteiger partial charge in [-0.1, -0.05) is 0 Å². The molecule has 1 saturated heterocycles. The number of amides is 1. The van der Waals surface area contributed by atoms with Gasteiger partial charge in [0.05, 0.1) is 0 Å². The lowest BCUT2D eigenvalue weighted by Crippen LogP contribution is -2.31. The topological polar surface area (TPSA) is 45.2 Å². The summed E-state index contributed by atoms with van der Waals surface area (Å²) in [7, 11) is 2.11. The van der Waals surface area contributed by atoms with Gasteiger partial charge in [0.1, 0.15) is 5.69 Å². The largest absolute Gasteiger partial charge is 0.350 e. The van der Waals surface area contributed by atoms with E-state index in [0.717, 1.165) is 30.5 Å². The molecule has 2 heterocycles. The van der Waals surface area contributed by atoms with Crippen LogP contribution in [0.15, 0.2) is 22.8 Å². The normalized spacial score (nSPS) is 20.5. The molecule has 17 heavy (non-hydrogen) atoms. The van der Waals surface area contributed by atoms with Gasteiger partial charge in [0.15, 0.2) is 0 Å². The number of nitrogens with one attached hydrogen (secondary N) is 1. The maximum absolute atomic E-state index is 11.9. The Bertz CT molecular complexity index is 410. The van der Waals surface area contributed by atoms with Crippen molar-refractivity contribution >= 4 is 21.8 Å². The number of halogens is 1. The highest BCUT2D eigenvalue weighted by molar-refractivity contribution is 9.10. The molecular weight excluding hydrogens is 282 g/mol. The fourth-order valence-corrected chi connectivity index (χ4v) is 2.50. The van der Waals surface area contributed by atoms with E-state index in [-0.39, 0.29) is 5.91 Å². The molecule has 1 aliphatic heterocycles. The molecule has 5 heteroatoms. The number of carbonyl (C=O) groups is 1. The lowest BCUT2D eigenvalue weighted by molar-refractivity contribution is 0.0941. The van der Waals surface area contributed by atoms with Crippen LogP contribution in [0.1, 0.15) is 16.9 Å². The van der Waals surface area contributed by atoms with Gasteiger partial charge in [-0.3, -0.25) is 4.79 Å². The molecule has 2 rings (SSSR count). The molecular formula is C12H16BrN3O. The monoisotopic (exact) mass is 297 g/mol. The van der Waals surface area contributed by atoms with Crippen LogP contribution in [0.3, 0.4) is 0 Å². The Morgan fingerprint density at radius 3 is 3.18 bits per heavy atom. The van der Waals surface area contributed by atoms with Crippen LogP contribution in [0.25, 0.3) is 0 Å². The summed E-state index contributed by atoms with van der Waals surface area (Å²) in [5.41, 5.74) is 0.457. The first-order valence-corrected chi connectivity index (χ1v) is 6.53. The quantitative estimate of drug-likeness (QED) is 0.920. The summed E-state index contributed by atoms with van der Waals surface area (Å²) >= 11 is 3.33. The highest BCUT2D eigenvalue weighted by Gasteiger charge is 2.20. The second-order valence-electron chi connectivity index (χ2n) is 4.46. The maximum atomic E-state index is 11.9. The second kappa shape index (κ2) is 5.60. The number of hydrogen-bond donors (Lipinski definition) is 1. The van der Waals surface area contributed by atoms with Gasteiger partial charge in [-0.25, -0.2) is 4.98 Å². The first-order valence-electron chi connectivity index (χ1n) is 5.74. The Morgan fingerprint density at radius 2 is 2.53 bits per heavy atom. The predicted molar refractivity (Wildman–Crippen MR) is 69.9 cm³/mol. The smallest absolute Gasteiger partial charge is 0.271 e. The number of hydrogen-bond acceptors (Lipinski definition) is 3. The predicted octanol–water partition coefficient (Wildman–Crippen LogP) is 1.53. The molecule has 4 nitrogen and oxygen atoms in total. The highest BCUT2D eigenvalue weighted by Crippen LogP contribution is 2.15. The average Bonchev–Trinajstić information content (AvgIpc) is 2.73. The molecule has 1 aromatic heterocycles. The molecule has 1 unspecified atom stereocenters. The average molecular weight is 298 g/mol. The van der Waals surface area contributed by atoms with Crippen LogP contribution in [0.2, 0.25) is 0 Å². The molecule has 0 saturated carbocycles. The summed E-state index contributed by atoms with van der Waals surface area (Å²) in [6.07, 6.45) is 2.78. The van der Waals surface area contributed by atoms with Crippen LogP contribution in [0.4, 0.5) is 0 Å². The first-order chi connectivity index (χ1) is 8.16. The molecule has 1 aliphatic rings. The molecule has 0 bridgehead atoms. The van der Waals surface area contributed by atoms with E-state index in [1.165, 1.54) is 0 Å². The zero-order chi connectivity index (χ0) is 12.3. The van der Waals surface area contributed by atoms with E-state index >= 15 is 0 Å². The summed E-state index contributed by atoms with van der Waals surface area (Å²) in [5, 5.41) is 2.94. The number of pyridine rings is 1. The number of carbonyl (C=O) groups excluding carboxylic acids is 1. The maximum Gasteiger partial charge on any atom is 0.271 e. The Kier molecular flexibility index (Phi) is 4.12. The van der Waals surface area contributed by atoms with Crippen LogP contribution in [0, 0.1) is 5.92 Å². The Hall–Kier alpha value is -0.940. The van der Waals surface area contributed by atoms with E-state index in [1.54, 1.807) is 12.3 Å². The molecule has 1 aromatic rings. The van der Waals surface area contributed by atoms with E-state index in [0.29, 0.717) is 11.6 Å². The van der Waals surface area contributed by atoms with Crippen molar-refractivity contribution in [1.82, 2.24) is 15.2 Å². The summed E-state index contributed by atoms with van der Waals surface area (Å²) < 4.78 is 0.737. The first kappa shape index (κ1) is 12.5. The third-order valence-corrected chi connectivity index (χ3v) is 3.65. The van der Waals surface area contributed by atoms with Gasteiger partial charge >= 0.3 is 0 Å². The molecule has 1 amide bonds. The van der Waals surface area contributed by atoms with Crippen molar-refractivity contribution < 1.29 is 4.79 Å². The second-order valence-corrected chi connectivity index (χ2v) is 5.32. The third-order valence-electron chi connectivity index (χ3n) is 3.01. The highest BCUT2D eigenvalue weighted by atomic mass is 79.9. The SMILES string of the molecule is CN1CCC(CNC(=O)c2ncccc2Br)C1. The van der Waals surface area contributed by atoms with E-state index in [9.17, 15) is 4.79 Å². The standard InChI is InChI=1S/C12H16BrN3O/c1-16-6-4-9(8-16)7-15-12(17)11-10(13)3-2-5-14-11/h2-3,5,9H,4,6-8H2,1H3,(H,15,17). The van der Waals surface area contributed by atoms with Crippen LogP contribution < -0.4 is 5.32 Å². The van der Waals surface area contributed by atoms with E-state index in [1.807, 2.05) is 6.07 Å². The fourth-order valence-electron chi connectivity index (χ4n) is 2.07. The van der Waals surface area contributed by atoms with Gasteiger partial charge in [0, 0.05) is 23.8 Å². The van der Waals surface area contributed by atoms with Crippen molar-refractivity contribution in [1.29, 1.82) is 0 Å². The minimum Gasteiger partial charge on any atom is -0.350 e. The fraction of sp³-hybridized carbons (Fsp3) is 0.500. The van der Waals surface area contributed by atoms with Crippen LogP contribution in [-0.2, 0) is 0 Å². The van der Waals surface area contributed by atoms with Crippen molar-refractivity contribution in [2.45, 2.75) is 6.42 Å². The van der Waals surface area contributed by atoms with Crippen molar-refractivity contribution in [3.63, 3.8) is 0 Å². The summed E-state index contributed by atoms with van der Waals surface area (Å²) in [6.45, 7) is 2.91. The molecule has 92 valence electrons. The minimum absolute atomic E-state index is 0.105. The van der Waals surface area contributed by atoms with Crippen molar-refractivity contribution in [2.75, 3.05) is 26.7 Å². The lowest BCUT2D eigenvalue weighted by atomic mass is 10.1. The number of rotatable bonds is 3. The lowest BCUT2D eigenvalue weighted by Gasteiger charge is -2.11. The van der Waals surface area contributed by atoms with Crippen molar-refractivity contribution in [3.05, 3.63) is 28.5 Å². The van der Waals surface area contributed by atoms with Crippen LogP contribution in [-0.4, -0.2) is 42.5 Å². The Morgan fingerprint density at radius 1 is 1.71 bits per heavy atom. The molecule has 1 N–H and O–H groups in total. The molecule has 0 radical (unpaired) electrons. The molecule has 0 aromatic carbocycles. The zero-order valence-corrected chi connectivity index (χ0v) is 11.4. The zero-order valence-electron chi connectivity index (χ0n) is 9.82. The summed E-state index contributed by atoms with van der Waals surface area (Å²) in [5.74, 6) is 0.457. The van der Waals surface area contributed by atoms with Gasteiger partial charge in [0.2, 0.25) is 0 Å². The third kappa shape index (κ3) is 3.26. The van der Waals surface area contributed by atoms with Gasteiger partial charge in [0.25, 0.3) is 5.91 Å². The summed E-state index contributed by atoms with van der Waals surface area (Å²) in [4.78, 5) is 18.2. The molecule has 1 fully saturated rings.